The van der Waals surface area contributed by atoms with Crippen molar-refractivity contribution in [3.05, 3.63) is 30.3 Å². The minimum atomic E-state index is -0.249. The molecule has 7 heteroatoms. The summed E-state index contributed by atoms with van der Waals surface area (Å²) in [7, 11) is 1.84. The molecule has 0 aromatic carbocycles. The number of hydrogen-bond donors (Lipinski definition) is 1. The summed E-state index contributed by atoms with van der Waals surface area (Å²) in [5.74, 6) is 0.0722. The van der Waals surface area contributed by atoms with Gasteiger partial charge >= 0.3 is 0 Å². The fourth-order valence-electron chi connectivity index (χ4n) is 2.27. The number of nitrogens with zero attached hydrogens (tertiary/aromatic N) is 3. The standard InChI is InChI=1S/C12H14N4O3/c1-16-7-8(6-13-16)11-9(2-4-18-11)12(17)14-10-3-5-19-15-10/h3,5-7,9,11H,2,4H2,1H3,(H,14,15,17)/t9-,11+/m0/s1. The Hall–Kier alpha value is -2.15. The molecule has 2 atom stereocenters. The number of rotatable bonds is 3. The number of amides is 1. The molecule has 0 spiro atoms. The van der Waals surface area contributed by atoms with Gasteiger partial charge in [0.1, 0.15) is 6.26 Å². The zero-order chi connectivity index (χ0) is 13.2. The van der Waals surface area contributed by atoms with E-state index >= 15 is 0 Å². The third-order valence-electron chi connectivity index (χ3n) is 3.17. The average molecular weight is 262 g/mol. The van der Waals surface area contributed by atoms with E-state index in [1.807, 2.05) is 13.2 Å². The van der Waals surface area contributed by atoms with E-state index in [2.05, 4.69) is 20.1 Å². The maximum absolute atomic E-state index is 12.2. The molecule has 0 saturated carbocycles. The van der Waals surface area contributed by atoms with Crippen LogP contribution in [-0.4, -0.2) is 27.5 Å². The molecule has 1 amide bonds. The van der Waals surface area contributed by atoms with Crippen LogP contribution in [0.5, 0.6) is 0 Å². The van der Waals surface area contributed by atoms with E-state index in [0.29, 0.717) is 18.8 Å². The van der Waals surface area contributed by atoms with Gasteiger partial charge in [-0.25, -0.2) is 0 Å². The number of ether oxygens (including phenoxy) is 1. The minimum Gasteiger partial charge on any atom is -0.373 e. The maximum Gasteiger partial charge on any atom is 0.231 e. The molecule has 1 fully saturated rings. The van der Waals surface area contributed by atoms with Crippen molar-refractivity contribution in [1.29, 1.82) is 0 Å². The zero-order valence-electron chi connectivity index (χ0n) is 10.4. The van der Waals surface area contributed by atoms with Gasteiger partial charge in [0.15, 0.2) is 5.82 Å². The van der Waals surface area contributed by atoms with Gasteiger partial charge in [-0.1, -0.05) is 5.16 Å². The van der Waals surface area contributed by atoms with Crippen molar-refractivity contribution in [3.63, 3.8) is 0 Å². The molecule has 1 aliphatic rings. The van der Waals surface area contributed by atoms with E-state index in [-0.39, 0.29) is 17.9 Å². The van der Waals surface area contributed by atoms with Crippen LogP contribution < -0.4 is 5.32 Å². The van der Waals surface area contributed by atoms with Gasteiger partial charge in [0.2, 0.25) is 5.91 Å². The molecule has 2 aromatic heterocycles. The fourth-order valence-corrected chi connectivity index (χ4v) is 2.27. The predicted molar refractivity (Wildman–Crippen MR) is 65.1 cm³/mol. The van der Waals surface area contributed by atoms with Gasteiger partial charge in [-0.15, -0.1) is 0 Å². The first-order chi connectivity index (χ1) is 9.24. The summed E-state index contributed by atoms with van der Waals surface area (Å²) in [6.45, 7) is 0.566. The molecule has 1 saturated heterocycles. The van der Waals surface area contributed by atoms with E-state index in [0.717, 1.165) is 5.56 Å². The molecular formula is C12H14N4O3. The smallest absolute Gasteiger partial charge is 0.231 e. The first-order valence-corrected chi connectivity index (χ1v) is 6.05. The van der Waals surface area contributed by atoms with Crippen molar-refractivity contribution in [2.45, 2.75) is 12.5 Å². The predicted octanol–water partition coefficient (Wildman–Crippen LogP) is 1.12. The average Bonchev–Trinajstić information content (AvgIpc) is 3.07. The van der Waals surface area contributed by atoms with Gasteiger partial charge in [0.25, 0.3) is 0 Å². The van der Waals surface area contributed by atoms with Crippen LogP contribution >= 0.6 is 0 Å². The van der Waals surface area contributed by atoms with Crippen molar-refractivity contribution < 1.29 is 14.1 Å². The maximum atomic E-state index is 12.2. The SMILES string of the molecule is Cn1cc([C@H]2OCC[C@@H]2C(=O)Nc2ccon2)cn1. The molecule has 0 radical (unpaired) electrons. The van der Waals surface area contributed by atoms with Crippen LogP contribution in [0.15, 0.2) is 29.2 Å². The lowest BCUT2D eigenvalue weighted by Gasteiger charge is -2.15. The molecule has 0 aliphatic carbocycles. The highest BCUT2D eigenvalue weighted by atomic mass is 16.5. The third-order valence-corrected chi connectivity index (χ3v) is 3.17. The Bertz CT molecular complexity index is 563. The summed E-state index contributed by atoms with van der Waals surface area (Å²) in [6.07, 6.45) is 5.45. The van der Waals surface area contributed by atoms with Gasteiger partial charge in [-0.3, -0.25) is 9.48 Å². The Morgan fingerprint density at radius 3 is 3.16 bits per heavy atom. The minimum absolute atomic E-state index is 0.111. The van der Waals surface area contributed by atoms with Gasteiger partial charge in [0, 0.05) is 31.5 Å². The van der Waals surface area contributed by atoms with Crippen LogP contribution in [-0.2, 0) is 16.6 Å². The van der Waals surface area contributed by atoms with Crippen LogP contribution in [0.4, 0.5) is 5.82 Å². The van der Waals surface area contributed by atoms with E-state index < -0.39 is 0 Å². The summed E-state index contributed by atoms with van der Waals surface area (Å²) in [6, 6.07) is 1.60. The summed E-state index contributed by atoms with van der Waals surface area (Å²) in [4.78, 5) is 12.2. The van der Waals surface area contributed by atoms with Crippen molar-refractivity contribution in [2.24, 2.45) is 13.0 Å². The second-order valence-corrected chi connectivity index (χ2v) is 4.51. The van der Waals surface area contributed by atoms with Crippen molar-refractivity contribution in [1.82, 2.24) is 14.9 Å². The Morgan fingerprint density at radius 2 is 2.47 bits per heavy atom. The summed E-state index contributed by atoms with van der Waals surface area (Å²) >= 11 is 0. The normalized spacial score (nSPS) is 22.6. The molecule has 3 heterocycles. The molecule has 19 heavy (non-hydrogen) atoms. The van der Waals surface area contributed by atoms with E-state index in [9.17, 15) is 4.79 Å². The number of anilines is 1. The van der Waals surface area contributed by atoms with Gasteiger partial charge in [-0.05, 0) is 6.42 Å². The molecule has 2 aromatic rings. The van der Waals surface area contributed by atoms with Gasteiger partial charge in [-0.2, -0.15) is 5.10 Å². The van der Waals surface area contributed by atoms with E-state index in [4.69, 9.17) is 4.74 Å². The quantitative estimate of drug-likeness (QED) is 0.896. The molecule has 0 bridgehead atoms. The van der Waals surface area contributed by atoms with Crippen molar-refractivity contribution in [2.75, 3.05) is 11.9 Å². The number of nitrogens with one attached hydrogen (secondary N) is 1. The van der Waals surface area contributed by atoms with Gasteiger partial charge in [0.05, 0.1) is 18.2 Å². The Morgan fingerprint density at radius 1 is 1.58 bits per heavy atom. The first kappa shape index (κ1) is 11.9. The topological polar surface area (TPSA) is 82.2 Å². The zero-order valence-corrected chi connectivity index (χ0v) is 10.4. The Kier molecular flexibility index (Phi) is 3.04. The van der Waals surface area contributed by atoms with Crippen LogP contribution in [0, 0.1) is 5.92 Å². The molecule has 0 unspecified atom stereocenters. The van der Waals surface area contributed by atoms with Crippen LogP contribution in [0.3, 0.4) is 0 Å². The number of hydrogen-bond acceptors (Lipinski definition) is 5. The number of aromatic nitrogens is 3. The lowest BCUT2D eigenvalue weighted by Crippen LogP contribution is -2.25. The fraction of sp³-hybridized carbons (Fsp3) is 0.417. The number of aryl methyl sites for hydroxylation is 1. The molecule has 100 valence electrons. The van der Waals surface area contributed by atoms with Crippen LogP contribution in [0.1, 0.15) is 18.1 Å². The largest absolute Gasteiger partial charge is 0.373 e. The first-order valence-electron chi connectivity index (χ1n) is 6.05. The lowest BCUT2D eigenvalue weighted by molar-refractivity contribution is -0.121. The summed E-state index contributed by atoms with van der Waals surface area (Å²) < 4.78 is 12.0. The molecule has 3 rings (SSSR count). The third kappa shape index (κ3) is 2.37. The van der Waals surface area contributed by atoms with Crippen LogP contribution in [0.2, 0.25) is 0 Å². The monoisotopic (exact) mass is 262 g/mol. The Labute approximate surface area is 109 Å². The molecule has 1 N–H and O–H groups in total. The van der Waals surface area contributed by atoms with Crippen LogP contribution in [0.25, 0.3) is 0 Å². The summed E-state index contributed by atoms with van der Waals surface area (Å²) in [5, 5.41) is 10.5. The number of carbonyl (C=O) groups excluding carboxylic acids is 1. The molecule has 7 nitrogen and oxygen atoms in total. The van der Waals surface area contributed by atoms with E-state index in [1.54, 1.807) is 16.9 Å². The summed E-state index contributed by atoms with van der Waals surface area (Å²) in [5.41, 5.74) is 0.917. The van der Waals surface area contributed by atoms with Crippen molar-refractivity contribution >= 4 is 11.7 Å². The highest BCUT2D eigenvalue weighted by Gasteiger charge is 2.36. The number of carbonyl (C=O) groups is 1. The van der Waals surface area contributed by atoms with Crippen molar-refractivity contribution in [3.8, 4) is 0 Å². The second kappa shape index (κ2) is 4.85. The second-order valence-electron chi connectivity index (χ2n) is 4.51. The highest BCUT2D eigenvalue weighted by Crippen LogP contribution is 2.34. The highest BCUT2D eigenvalue weighted by molar-refractivity contribution is 5.92. The lowest BCUT2D eigenvalue weighted by atomic mass is 9.96. The van der Waals surface area contributed by atoms with E-state index in [1.165, 1.54) is 6.26 Å². The Balaban J connectivity index is 1.74. The molecular weight excluding hydrogens is 248 g/mol. The van der Waals surface area contributed by atoms with Gasteiger partial charge < -0.3 is 14.6 Å². The molecule has 1 aliphatic heterocycles.